The van der Waals surface area contributed by atoms with Gasteiger partial charge in [-0.2, -0.15) is 0 Å². The highest BCUT2D eigenvalue weighted by atomic mass is 16.3. The number of aliphatic hydroxyl groups excluding tert-OH is 2. The molecule has 1 aliphatic carbocycles. The molecular weight excluding hydrogens is 206 g/mol. The smallest absolute Gasteiger partial charge is 0.162 e. The Hall–Kier alpha value is -0.200. The van der Waals surface area contributed by atoms with E-state index in [-0.39, 0.29) is 6.61 Å². The van der Waals surface area contributed by atoms with Crippen LogP contribution in [0, 0.1) is 0 Å². The van der Waals surface area contributed by atoms with E-state index in [1.165, 1.54) is 19.3 Å². The maximum atomic E-state index is 9.66. The summed E-state index contributed by atoms with van der Waals surface area (Å²) in [4.78, 5) is 4.19. The molecule has 1 unspecified atom stereocenters. The summed E-state index contributed by atoms with van der Waals surface area (Å²) in [5, 5.41) is 21.4. The highest BCUT2D eigenvalue weighted by molar-refractivity contribution is 4.78. The molecule has 3 N–H and O–H groups in total. The number of rotatable bonds is 8. The number of nitrogens with one attached hydrogen (secondary N) is 1. The van der Waals surface area contributed by atoms with Gasteiger partial charge in [0.2, 0.25) is 0 Å². The topological polar surface area (TPSA) is 59.0 Å². The molecule has 0 radical (unpaired) electrons. The molecule has 0 saturated heterocycles. The second kappa shape index (κ2) is 7.19. The van der Waals surface area contributed by atoms with Gasteiger partial charge in [0.15, 0.2) is 6.35 Å². The fourth-order valence-electron chi connectivity index (χ4n) is 1.96. The van der Waals surface area contributed by atoms with Gasteiger partial charge in [0, 0.05) is 25.7 Å². The molecule has 1 saturated carbocycles. The molecule has 1 rings (SSSR count). The van der Waals surface area contributed by atoms with E-state index in [9.17, 15) is 5.11 Å². The van der Waals surface area contributed by atoms with Crippen LogP contribution in [0.4, 0.5) is 0 Å². The number of hydrogen-bond donors (Lipinski definition) is 3. The van der Waals surface area contributed by atoms with E-state index < -0.39 is 6.35 Å². The lowest BCUT2D eigenvalue weighted by atomic mass is 9.92. The van der Waals surface area contributed by atoms with Crippen LogP contribution in [-0.2, 0) is 0 Å². The lowest BCUT2D eigenvalue weighted by Gasteiger charge is -2.36. The molecule has 16 heavy (non-hydrogen) atoms. The van der Waals surface area contributed by atoms with Gasteiger partial charge in [-0.3, -0.25) is 10.2 Å². The van der Waals surface area contributed by atoms with Crippen LogP contribution in [0.1, 0.15) is 19.3 Å². The average molecular weight is 231 g/mol. The highest BCUT2D eigenvalue weighted by Crippen LogP contribution is 2.23. The Labute approximate surface area is 98.0 Å². The second-order valence-electron chi connectivity index (χ2n) is 4.49. The first-order valence-electron chi connectivity index (χ1n) is 6.09. The van der Waals surface area contributed by atoms with Crippen molar-refractivity contribution in [1.82, 2.24) is 15.1 Å². The second-order valence-corrected chi connectivity index (χ2v) is 4.49. The van der Waals surface area contributed by atoms with Crippen LogP contribution in [-0.4, -0.2) is 72.7 Å². The highest BCUT2D eigenvalue weighted by Gasteiger charge is 2.22. The summed E-state index contributed by atoms with van der Waals surface area (Å²) in [6.45, 7) is 2.28. The van der Waals surface area contributed by atoms with E-state index in [1.807, 2.05) is 4.90 Å². The summed E-state index contributed by atoms with van der Waals surface area (Å²) in [5.41, 5.74) is 0. The van der Waals surface area contributed by atoms with Crippen molar-refractivity contribution in [2.24, 2.45) is 0 Å². The zero-order valence-electron chi connectivity index (χ0n) is 10.4. The van der Waals surface area contributed by atoms with Gasteiger partial charge >= 0.3 is 0 Å². The number of hydrogen-bond acceptors (Lipinski definition) is 5. The molecule has 0 aromatic rings. The Morgan fingerprint density at radius 3 is 2.44 bits per heavy atom. The minimum atomic E-state index is -0.665. The van der Waals surface area contributed by atoms with Crippen molar-refractivity contribution in [3.63, 3.8) is 0 Å². The van der Waals surface area contributed by atoms with Gasteiger partial charge in [0.25, 0.3) is 0 Å². The molecule has 1 fully saturated rings. The predicted octanol–water partition coefficient (Wildman–Crippen LogP) is -0.740. The van der Waals surface area contributed by atoms with Gasteiger partial charge in [-0.05, 0) is 26.9 Å². The maximum absolute atomic E-state index is 9.66. The number of likely N-dealkylation sites (N-methyl/N-ethyl adjacent to an activating group) is 1. The maximum Gasteiger partial charge on any atom is 0.162 e. The van der Waals surface area contributed by atoms with Crippen LogP contribution in [0.15, 0.2) is 0 Å². The SMILES string of the molecule is CNC(O)N(CCO)CCN(C)C1CCC1. The van der Waals surface area contributed by atoms with Gasteiger partial charge in [0.05, 0.1) is 6.61 Å². The van der Waals surface area contributed by atoms with Crippen LogP contribution < -0.4 is 5.32 Å². The van der Waals surface area contributed by atoms with Crippen molar-refractivity contribution in [1.29, 1.82) is 0 Å². The zero-order valence-corrected chi connectivity index (χ0v) is 10.4. The van der Waals surface area contributed by atoms with Crippen molar-refractivity contribution in [2.75, 3.05) is 40.3 Å². The molecule has 5 nitrogen and oxygen atoms in total. The summed E-state index contributed by atoms with van der Waals surface area (Å²) in [5.74, 6) is 0. The van der Waals surface area contributed by atoms with E-state index in [4.69, 9.17) is 5.11 Å². The van der Waals surface area contributed by atoms with Crippen LogP contribution in [0.5, 0.6) is 0 Å². The molecule has 0 aromatic carbocycles. The Morgan fingerprint density at radius 1 is 1.31 bits per heavy atom. The Balaban J connectivity index is 2.24. The molecular formula is C11H25N3O2. The lowest BCUT2D eigenvalue weighted by molar-refractivity contribution is -0.0306. The van der Waals surface area contributed by atoms with Crippen molar-refractivity contribution >= 4 is 0 Å². The van der Waals surface area contributed by atoms with Crippen LogP contribution in [0.2, 0.25) is 0 Å². The van der Waals surface area contributed by atoms with Gasteiger partial charge in [-0.1, -0.05) is 6.42 Å². The first kappa shape index (κ1) is 13.9. The predicted molar refractivity (Wildman–Crippen MR) is 64.0 cm³/mol. The summed E-state index contributed by atoms with van der Waals surface area (Å²) < 4.78 is 0. The molecule has 5 heteroatoms. The molecule has 1 aliphatic rings. The van der Waals surface area contributed by atoms with E-state index in [2.05, 4.69) is 17.3 Å². The zero-order chi connectivity index (χ0) is 12.0. The van der Waals surface area contributed by atoms with Crippen LogP contribution >= 0.6 is 0 Å². The lowest BCUT2D eigenvalue weighted by Crippen LogP contribution is -2.49. The fourth-order valence-corrected chi connectivity index (χ4v) is 1.96. The minimum absolute atomic E-state index is 0.0753. The molecule has 0 bridgehead atoms. The van der Waals surface area contributed by atoms with E-state index in [0.29, 0.717) is 6.54 Å². The van der Waals surface area contributed by atoms with E-state index >= 15 is 0 Å². The molecule has 0 spiro atoms. The largest absolute Gasteiger partial charge is 0.395 e. The van der Waals surface area contributed by atoms with E-state index in [1.54, 1.807) is 7.05 Å². The van der Waals surface area contributed by atoms with Crippen molar-refractivity contribution < 1.29 is 10.2 Å². The van der Waals surface area contributed by atoms with E-state index in [0.717, 1.165) is 19.1 Å². The van der Waals surface area contributed by atoms with Gasteiger partial charge in [-0.15, -0.1) is 0 Å². The monoisotopic (exact) mass is 231 g/mol. The van der Waals surface area contributed by atoms with Crippen molar-refractivity contribution in [3.8, 4) is 0 Å². The molecule has 0 aromatic heterocycles. The van der Waals surface area contributed by atoms with Gasteiger partial charge < -0.3 is 15.1 Å². The van der Waals surface area contributed by atoms with Crippen molar-refractivity contribution in [2.45, 2.75) is 31.7 Å². The third kappa shape index (κ3) is 3.99. The normalized spacial score (nSPS) is 19.1. The molecule has 0 heterocycles. The third-order valence-electron chi connectivity index (χ3n) is 3.43. The first-order valence-corrected chi connectivity index (χ1v) is 6.09. The quantitative estimate of drug-likeness (QED) is 0.480. The summed E-state index contributed by atoms with van der Waals surface area (Å²) in [6, 6.07) is 0.725. The van der Waals surface area contributed by atoms with Crippen molar-refractivity contribution in [3.05, 3.63) is 0 Å². The van der Waals surface area contributed by atoms with Gasteiger partial charge in [-0.25, -0.2) is 0 Å². The summed E-state index contributed by atoms with van der Waals surface area (Å²) >= 11 is 0. The Morgan fingerprint density at radius 2 is 2.00 bits per heavy atom. The number of nitrogens with zero attached hydrogens (tertiary/aromatic N) is 2. The first-order chi connectivity index (χ1) is 7.69. The molecule has 0 aliphatic heterocycles. The van der Waals surface area contributed by atoms with Crippen LogP contribution in [0.25, 0.3) is 0 Å². The third-order valence-corrected chi connectivity index (χ3v) is 3.43. The standard InChI is InChI=1S/C11H25N3O2/c1-12-11(16)14(8-9-15)7-6-13(2)10-4-3-5-10/h10-12,15-16H,3-9H2,1-2H3. The molecule has 96 valence electrons. The Kier molecular flexibility index (Phi) is 6.23. The average Bonchev–Trinajstić information content (AvgIpc) is 2.20. The fraction of sp³-hybridized carbons (Fsp3) is 1.00. The summed E-state index contributed by atoms with van der Waals surface area (Å²) in [7, 11) is 3.84. The Bertz CT molecular complexity index is 188. The van der Waals surface area contributed by atoms with Crippen LogP contribution in [0.3, 0.4) is 0 Å². The minimum Gasteiger partial charge on any atom is -0.395 e. The molecule has 1 atom stereocenters. The number of aliphatic hydroxyl groups is 2. The van der Waals surface area contributed by atoms with Gasteiger partial charge in [0.1, 0.15) is 0 Å². The summed E-state index contributed by atoms with van der Waals surface area (Å²) in [6.07, 6.45) is 3.27. The molecule has 0 amide bonds.